The molecular formula is C21H25FN2O2. The maximum atomic E-state index is 13.9. The second-order valence-corrected chi connectivity index (χ2v) is 7.25. The first kappa shape index (κ1) is 17.3. The van der Waals surface area contributed by atoms with E-state index < -0.39 is 6.10 Å². The van der Waals surface area contributed by atoms with Crippen molar-refractivity contribution in [3.05, 3.63) is 59.4 Å². The first-order chi connectivity index (χ1) is 12.6. The van der Waals surface area contributed by atoms with Gasteiger partial charge in [-0.25, -0.2) is 4.39 Å². The van der Waals surface area contributed by atoms with Crippen LogP contribution in [0.3, 0.4) is 0 Å². The van der Waals surface area contributed by atoms with Gasteiger partial charge in [0.05, 0.1) is 11.8 Å². The van der Waals surface area contributed by atoms with Crippen LogP contribution in [0.15, 0.2) is 42.5 Å². The van der Waals surface area contributed by atoms with Crippen molar-refractivity contribution in [2.45, 2.75) is 25.6 Å². The summed E-state index contributed by atoms with van der Waals surface area (Å²) in [7, 11) is 0. The fourth-order valence-corrected chi connectivity index (χ4v) is 3.88. The first-order valence-corrected chi connectivity index (χ1v) is 9.29. The Bertz CT molecular complexity index is 774. The fourth-order valence-electron chi connectivity index (χ4n) is 3.88. The number of piperazine rings is 1. The number of rotatable bonds is 4. The molecule has 2 aromatic carbocycles. The Morgan fingerprint density at radius 1 is 1.15 bits per heavy atom. The molecule has 5 heteroatoms. The number of fused-ring (bicyclic) bond motifs is 1. The number of aliphatic hydroxyl groups excluding tert-OH is 1. The van der Waals surface area contributed by atoms with Crippen molar-refractivity contribution in [1.82, 2.24) is 4.90 Å². The third kappa shape index (κ3) is 3.55. The maximum absolute atomic E-state index is 13.9. The van der Waals surface area contributed by atoms with Crippen LogP contribution in [0.1, 0.15) is 24.2 Å². The van der Waals surface area contributed by atoms with Gasteiger partial charge < -0.3 is 14.7 Å². The highest BCUT2D eigenvalue weighted by Gasteiger charge is 2.24. The van der Waals surface area contributed by atoms with E-state index in [2.05, 4.69) is 22.8 Å². The molecule has 1 N–H and O–H groups in total. The number of aliphatic hydroxyl groups is 1. The summed E-state index contributed by atoms with van der Waals surface area (Å²) in [4.78, 5) is 4.32. The van der Waals surface area contributed by atoms with Crippen LogP contribution in [0.25, 0.3) is 0 Å². The Labute approximate surface area is 153 Å². The lowest BCUT2D eigenvalue weighted by Crippen LogP contribution is -2.47. The standard InChI is InChI=1S/C21H25FN2O2/c1-15-12-17-13-16(6-7-21(17)26-15)20(25)14-23-8-10-24(11-9-23)19-5-3-2-4-18(19)22/h2-7,13,15,20,25H,8-12,14H2,1H3/t15-,20+/m1/s1. The smallest absolute Gasteiger partial charge is 0.146 e. The lowest BCUT2D eigenvalue weighted by atomic mass is 10.0. The normalized spacial score (nSPS) is 21.3. The molecule has 2 heterocycles. The molecule has 2 aliphatic rings. The quantitative estimate of drug-likeness (QED) is 0.914. The highest BCUT2D eigenvalue weighted by molar-refractivity contribution is 5.48. The van der Waals surface area contributed by atoms with Gasteiger partial charge in [-0.2, -0.15) is 0 Å². The molecular weight excluding hydrogens is 331 g/mol. The second-order valence-electron chi connectivity index (χ2n) is 7.25. The van der Waals surface area contributed by atoms with E-state index >= 15 is 0 Å². The van der Waals surface area contributed by atoms with E-state index in [-0.39, 0.29) is 11.9 Å². The summed E-state index contributed by atoms with van der Waals surface area (Å²) < 4.78 is 19.7. The molecule has 0 unspecified atom stereocenters. The number of hydrogen-bond donors (Lipinski definition) is 1. The van der Waals surface area contributed by atoms with Crippen LogP contribution < -0.4 is 9.64 Å². The monoisotopic (exact) mass is 356 g/mol. The molecule has 4 rings (SSSR count). The summed E-state index contributed by atoms with van der Waals surface area (Å²) in [5.74, 6) is 0.766. The molecule has 138 valence electrons. The minimum Gasteiger partial charge on any atom is -0.490 e. The zero-order chi connectivity index (χ0) is 18.1. The number of halogens is 1. The number of nitrogens with zero attached hydrogens (tertiary/aromatic N) is 2. The average molecular weight is 356 g/mol. The molecule has 0 aliphatic carbocycles. The van der Waals surface area contributed by atoms with E-state index in [0.29, 0.717) is 12.2 Å². The van der Waals surface area contributed by atoms with Crippen LogP contribution >= 0.6 is 0 Å². The van der Waals surface area contributed by atoms with Crippen molar-refractivity contribution in [2.75, 3.05) is 37.6 Å². The molecule has 0 spiro atoms. The van der Waals surface area contributed by atoms with Gasteiger partial charge in [0.15, 0.2) is 0 Å². The molecule has 0 saturated carbocycles. The number of anilines is 1. The Hall–Kier alpha value is -2.11. The number of β-amino-alcohol motifs (C(OH)–C–C–N with tert-alkyl or cyclic N) is 1. The Morgan fingerprint density at radius 2 is 1.92 bits per heavy atom. The van der Waals surface area contributed by atoms with Gasteiger partial charge in [-0.1, -0.05) is 18.2 Å². The Morgan fingerprint density at radius 3 is 2.69 bits per heavy atom. The third-order valence-corrected chi connectivity index (χ3v) is 5.30. The molecule has 1 saturated heterocycles. The minimum atomic E-state index is -0.517. The SMILES string of the molecule is C[C@@H]1Cc2cc([C@@H](O)CN3CCN(c4ccccc4F)CC3)ccc2O1. The van der Waals surface area contributed by atoms with E-state index in [1.807, 2.05) is 24.3 Å². The van der Waals surface area contributed by atoms with Crippen LogP contribution in [-0.2, 0) is 6.42 Å². The third-order valence-electron chi connectivity index (χ3n) is 5.30. The number of para-hydroxylation sites is 1. The molecule has 26 heavy (non-hydrogen) atoms. The predicted octanol–water partition coefficient (Wildman–Crippen LogP) is 3.00. The Balaban J connectivity index is 1.34. The fraction of sp³-hybridized carbons (Fsp3) is 0.429. The lowest BCUT2D eigenvalue weighted by Gasteiger charge is -2.37. The van der Waals surface area contributed by atoms with Gasteiger partial charge in [0, 0.05) is 39.1 Å². The lowest BCUT2D eigenvalue weighted by molar-refractivity contribution is 0.109. The predicted molar refractivity (Wildman–Crippen MR) is 100 cm³/mol. The number of hydrogen-bond acceptors (Lipinski definition) is 4. The van der Waals surface area contributed by atoms with Crippen LogP contribution in [0, 0.1) is 5.82 Å². The van der Waals surface area contributed by atoms with Crippen LogP contribution in [0.5, 0.6) is 5.75 Å². The molecule has 2 aliphatic heterocycles. The maximum Gasteiger partial charge on any atom is 0.146 e. The molecule has 0 radical (unpaired) electrons. The highest BCUT2D eigenvalue weighted by atomic mass is 19.1. The summed E-state index contributed by atoms with van der Waals surface area (Å²) in [6, 6.07) is 12.9. The summed E-state index contributed by atoms with van der Waals surface area (Å²) in [6.45, 7) is 5.82. The van der Waals surface area contributed by atoms with E-state index in [9.17, 15) is 9.50 Å². The van der Waals surface area contributed by atoms with Crippen molar-refractivity contribution < 1.29 is 14.2 Å². The van der Waals surface area contributed by atoms with Crippen molar-refractivity contribution in [1.29, 1.82) is 0 Å². The van der Waals surface area contributed by atoms with Crippen LogP contribution in [0.2, 0.25) is 0 Å². The van der Waals surface area contributed by atoms with Crippen molar-refractivity contribution in [3.63, 3.8) is 0 Å². The summed E-state index contributed by atoms with van der Waals surface area (Å²) in [5.41, 5.74) is 2.79. The molecule has 2 aromatic rings. The van der Waals surface area contributed by atoms with Crippen LogP contribution in [0.4, 0.5) is 10.1 Å². The first-order valence-electron chi connectivity index (χ1n) is 9.29. The van der Waals surface area contributed by atoms with Gasteiger partial charge in [-0.05, 0) is 42.3 Å². The van der Waals surface area contributed by atoms with Gasteiger partial charge in [-0.15, -0.1) is 0 Å². The van der Waals surface area contributed by atoms with Crippen molar-refractivity contribution in [3.8, 4) is 5.75 Å². The number of ether oxygens (including phenoxy) is 1. The number of benzene rings is 2. The van der Waals surface area contributed by atoms with Gasteiger partial charge in [0.2, 0.25) is 0 Å². The van der Waals surface area contributed by atoms with E-state index in [1.165, 1.54) is 11.6 Å². The minimum absolute atomic E-state index is 0.171. The van der Waals surface area contributed by atoms with Gasteiger partial charge in [0.25, 0.3) is 0 Å². The summed E-state index contributed by atoms with van der Waals surface area (Å²) in [5, 5.41) is 10.6. The van der Waals surface area contributed by atoms with E-state index in [0.717, 1.165) is 43.9 Å². The van der Waals surface area contributed by atoms with Gasteiger partial charge >= 0.3 is 0 Å². The second kappa shape index (κ2) is 7.25. The molecule has 2 atom stereocenters. The van der Waals surface area contributed by atoms with Crippen LogP contribution in [-0.4, -0.2) is 48.8 Å². The molecule has 1 fully saturated rings. The molecule has 0 amide bonds. The summed E-state index contributed by atoms with van der Waals surface area (Å²) >= 11 is 0. The molecule has 0 bridgehead atoms. The zero-order valence-corrected chi connectivity index (χ0v) is 15.1. The van der Waals surface area contributed by atoms with Gasteiger partial charge in [-0.3, -0.25) is 4.90 Å². The zero-order valence-electron chi connectivity index (χ0n) is 15.1. The highest BCUT2D eigenvalue weighted by Crippen LogP contribution is 2.31. The van der Waals surface area contributed by atoms with Gasteiger partial charge in [0.1, 0.15) is 17.7 Å². The average Bonchev–Trinajstić information content (AvgIpc) is 3.02. The summed E-state index contributed by atoms with van der Waals surface area (Å²) in [6.07, 6.45) is 0.595. The van der Waals surface area contributed by atoms with E-state index in [1.54, 1.807) is 6.07 Å². The van der Waals surface area contributed by atoms with E-state index in [4.69, 9.17) is 4.74 Å². The topological polar surface area (TPSA) is 35.9 Å². The van der Waals surface area contributed by atoms with Crippen molar-refractivity contribution >= 4 is 5.69 Å². The molecule has 4 nitrogen and oxygen atoms in total. The van der Waals surface area contributed by atoms with Crippen molar-refractivity contribution in [2.24, 2.45) is 0 Å². The Kier molecular flexibility index (Phi) is 4.83. The largest absolute Gasteiger partial charge is 0.490 e. The molecule has 0 aromatic heterocycles.